The molecule has 4 heteroatoms. The number of nitrogens with zero attached hydrogens (tertiary/aromatic N) is 1. The molecule has 0 aromatic heterocycles. The van der Waals surface area contributed by atoms with Crippen molar-refractivity contribution in [3.8, 4) is 0 Å². The van der Waals surface area contributed by atoms with Gasteiger partial charge in [-0.25, -0.2) is 14.1 Å². The minimum absolute atomic E-state index is 0.0220. The summed E-state index contributed by atoms with van der Waals surface area (Å²) in [6.07, 6.45) is 6.40. The molecule has 1 saturated heterocycles. The molecule has 1 spiro atoms. The molecule has 12 heavy (non-hydrogen) atoms. The summed E-state index contributed by atoms with van der Waals surface area (Å²) in [5.74, 6) is -1.03. The number of aliphatic carboxylic acids is 1. The summed E-state index contributed by atoms with van der Waals surface area (Å²) in [7, 11) is 0. The Kier molecular flexibility index (Phi) is 1.23. The Bertz CT molecular complexity index is 318. The lowest BCUT2D eigenvalue weighted by atomic mass is 10.3. The molecule has 1 unspecified atom stereocenters. The van der Waals surface area contributed by atoms with E-state index >= 15 is 0 Å². The molecule has 2 rings (SSSR count). The van der Waals surface area contributed by atoms with Crippen LogP contribution in [0, 0.1) is 0 Å². The predicted octanol–water partition coefficient (Wildman–Crippen LogP) is -0.120. The third-order valence-electron chi connectivity index (χ3n) is 2.29. The van der Waals surface area contributed by atoms with Crippen molar-refractivity contribution >= 4 is 11.9 Å². The largest absolute Gasteiger partial charge is 0.477 e. The minimum Gasteiger partial charge on any atom is -0.477 e. The van der Waals surface area contributed by atoms with Gasteiger partial charge in [0.1, 0.15) is 6.20 Å². The first-order valence-electron chi connectivity index (χ1n) is 3.67. The lowest BCUT2D eigenvalue weighted by molar-refractivity contribution is -0.667. The number of carboxylic acid groups (broad SMARTS) is 1. The van der Waals surface area contributed by atoms with Crippen LogP contribution in [0.4, 0.5) is 0 Å². The number of allylic oxidation sites excluding steroid dienone is 2. The lowest BCUT2D eigenvalue weighted by Crippen LogP contribution is -2.33. The van der Waals surface area contributed by atoms with Crippen molar-refractivity contribution in [3.05, 3.63) is 24.4 Å². The van der Waals surface area contributed by atoms with E-state index in [9.17, 15) is 9.59 Å². The molecule has 0 aromatic carbocycles. The highest BCUT2D eigenvalue weighted by atomic mass is 16.4. The van der Waals surface area contributed by atoms with Gasteiger partial charge in [-0.2, -0.15) is 0 Å². The van der Waals surface area contributed by atoms with Crippen LogP contribution < -0.4 is 0 Å². The fourth-order valence-electron chi connectivity index (χ4n) is 1.48. The second-order valence-electron chi connectivity index (χ2n) is 3.01. The van der Waals surface area contributed by atoms with Crippen LogP contribution in [-0.2, 0) is 9.59 Å². The van der Waals surface area contributed by atoms with E-state index < -0.39 is 12.0 Å². The van der Waals surface area contributed by atoms with E-state index in [0.29, 0.717) is 6.54 Å². The van der Waals surface area contributed by atoms with Crippen LogP contribution in [0.25, 0.3) is 0 Å². The Hall–Kier alpha value is -1.42. The molecule has 2 atom stereocenters. The maximum atomic E-state index is 11.3. The average Bonchev–Trinajstić information content (AvgIpc) is 2.72. The average molecular weight is 166 g/mol. The number of hydrogen-bond acceptors (Lipinski definition) is 2. The zero-order valence-electron chi connectivity index (χ0n) is 6.30. The Balaban J connectivity index is 2.26. The molecular formula is C8H8NO3+. The number of rotatable bonds is 1. The first-order valence-corrected chi connectivity index (χ1v) is 3.67. The summed E-state index contributed by atoms with van der Waals surface area (Å²) in [5, 5.41) is 8.66. The van der Waals surface area contributed by atoms with E-state index in [4.69, 9.17) is 5.11 Å². The van der Waals surface area contributed by atoms with Crippen LogP contribution in [0.2, 0.25) is 0 Å². The van der Waals surface area contributed by atoms with Crippen molar-refractivity contribution in [1.82, 2.24) is 0 Å². The fourth-order valence-corrected chi connectivity index (χ4v) is 1.48. The van der Waals surface area contributed by atoms with E-state index in [2.05, 4.69) is 0 Å². The number of quaternary nitrogens is 1. The molecule has 1 amide bonds. The highest BCUT2D eigenvalue weighted by Gasteiger charge is 2.64. The molecule has 2 heterocycles. The Morgan fingerprint density at radius 2 is 2.33 bits per heavy atom. The molecule has 0 bridgehead atoms. The van der Waals surface area contributed by atoms with Crippen LogP contribution in [-0.4, -0.2) is 34.1 Å². The molecule has 62 valence electrons. The molecule has 4 nitrogen and oxygen atoms in total. The Labute approximate surface area is 69.0 Å². The smallest absolute Gasteiger partial charge is 0.369 e. The van der Waals surface area contributed by atoms with Gasteiger partial charge in [0.25, 0.3) is 0 Å². The van der Waals surface area contributed by atoms with Gasteiger partial charge in [-0.05, 0) is 12.2 Å². The molecule has 1 N–H and O–H groups in total. The summed E-state index contributed by atoms with van der Waals surface area (Å²) >= 11 is 0. The summed E-state index contributed by atoms with van der Waals surface area (Å²) in [6, 6.07) is -0.557. The molecule has 0 radical (unpaired) electrons. The van der Waals surface area contributed by atoms with E-state index in [-0.39, 0.29) is 10.4 Å². The van der Waals surface area contributed by atoms with Crippen molar-refractivity contribution < 1.29 is 19.2 Å². The van der Waals surface area contributed by atoms with Crippen LogP contribution >= 0.6 is 0 Å². The van der Waals surface area contributed by atoms with Gasteiger partial charge >= 0.3 is 11.9 Å². The lowest BCUT2D eigenvalue weighted by Gasteiger charge is -2.10. The van der Waals surface area contributed by atoms with E-state index in [1.54, 1.807) is 18.4 Å². The fraction of sp³-hybridized carbons (Fsp3) is 0.250. The normalized spacial score (nSPS) is 37.3. The second kappa shape index (κ2) is 2.04. The first-order chi connectivity index (χ1) is 5.67. The molecular weight excluding hydrogens is 158 g/mol. The van der Waals surface area contributed by atoms with Gasteiger partial charge in [0.15, 0.2) is 6.54 Å². The molecule has 0 aromatic rings. The Morgan fingerprint density at radius 1 is 1.58 bits per heavy atom. The third-order valence-corrected chi connectivity index (χ3v) is 2.29. The van der Waals surface area contributed by atoms with Crippen molar-refractivity contribution in [3.63, 3.8) is 0 Å². The SMILES string of the molecule is O=C(O)[C@@H]1C[N+]12C=CC=CC2=O. The molecule has 0 saturated carbocycles. The monoisotopic (exact) mass is 166 g/mol. The highest BCUT2D eigenvalue weighted by Crippen LogP contribution is 2.34. The van der Waals surface area contributed by atoms with Gasteiger partial charge in [-0.1, -0.05) is 0 Å². The van der Waals surface area contributed by atoms with Crippen LogP contribution in [0.3, 0.4) is 0 Å². The van der Waals surface area contributed by atoms with Gasteiger partial charge in [0, 0.05) is 6.08 Å². The number of carboxylic acids is 1. The number of carbonyl (C=O) groups is 2. The number of hydrogen-bond donors (Lipinski definition) is 1. The molecule has 0 aliphatic carbocycles. The summed E-state index contributed by atoms with van der Waals surface area (Å²) < 4.78 is -0.0220. The van der Waals surface area contributed by atoms with Gasteiger partial charge in [0.05, 0.1) is 0 Å². The minimum atomic E-state index is -0.900. The van der Waals surface area contributed by atoms with Crippen molar-refractivity contribution in [2.45, 2.75) is 6.04 Å². The molecule has 2 aliphatic rings. The topological polar surface area (TPSA) is 54.4 Å². The van der Waals surface area contributed by atoms with Crippen LogP contribution in [0.5, 0.6) is 0 Å². The highest BCUT2D eigenvalue weighted by molar-refractivity contribution is 5.89. The van der Waals surface area contributed by atoms with Gasteiger partial charge < -0.3 is 5.11 Å². The Morgan fingerprint density at radius 3 is 2.83 bits per heavy atom. The maximum Gasteiger partial charge on any atom is 0.369 e. The van der Waals surface area contributed by atoms with E-state index in [0.717, 1.165) is 0 Å². The third kappa shape index (κ3) is 0.753. The predicted molar refractivity (Wildman–Crippen MR) is 39.8 cm³/mol. The number of carbonyl (C=O) groups excluding carboxylic acids is 1. The van der Waals surface area contributed by atoms with Crippen LogP contribution in [0.1, 0.15) is 0 Å². The van der Waals surface area contributed by atoms with Gasteiger partial charge in [-0.3, -0.25) is 0 Å². The summed E-state index contributed by atoms with van der Waals surface area (Å²) in [6.45, 7) is 0.398. The molecule has 1 fully saturated rings. The first kappa shape index (κ1) is 7.24. The number of amides is 1. The van der Waals surface area contributed by atoms with E-state index in [1.807, 2.05) is 0 Å². The van der Waals surface area contributed by atoms with E-state index in [1.165, 1.54) is 6.08 Å². The standard InChI is InChI=1S/C8H7NO3/c10-7-3-1-2-4-9(7)5-6(9)8(11)12/h1-4,6H,5H2/p+1/t6-,9?/m0/s1. The van der Waals surface area contributed by atoms with Gasteiger partial charge in [0.2, 0.25) is 6.04 Å². The second-order valence-corrected chi connectivity index (χ2v) is 3.01. The molecule has 2 aliphatic heterocycles. The summed E-state index contributed by atoms with van der Waals surface area (Å²) in [5.41, 5.74) is 0. The zero-order valence-corrected chi connectivity index (χ0v) is 6.30. The summed E-state index contributed by atoms with van der Waals surface area (Å²) in [4.78, 5) is 21.8. The van der Waals surface area contributed by atoms with Crippen molar-refractivity contribution in [2.24, 2.45) is 0 Å². The van der Waals surface area contributed by atoms with Crippen molar-refractivity contribution in [1.29, 1.82) is 0 Å². The quantitative estimate of drug-likeness (QED) is 0.436. The maximum absolute atomic E-state index is 11.3. The zero-order chi connectivity index (χ0) is 8.77. The van der Waals surface area contributed by atoms with Gasteiger partial charge in [-0.15, -0.1) is 0 Å². The van der Waals surface area contributed by atoms with Crippen molar-refractivity contribution in [2.75, 3.05) is 6.54 Å². The van der Waals surface area contributed by atoms with Crippen LogP contribution in [0.15, 0.2) is 24.4 Å².